The summed E-state index contributed by atoms with van der Waals surface area (Å²) in [5.41, 5.74) is -10.7. The van der Waals surface area contributed by atoms with E-state index in [-0.39, 0.29) is 19.6 Å². The minimum Gasteiger partial charge on any atom is -0.504 e. The molecule has 0 unspecified atom stereocenters. The molecule has 0 aromatic heterocycles. The van der Waals surface area contributed by atoms with Crippen molar-refractivity contribution in [3.63, 3.8) is 0 Å². The number of nitrogens with zero attached hydrogens (tertiary/aromatic N) is 4. The highest BCUT2D eigenvalue weighted by molar-refractivity contribution is 6.37. The number of likely N-dealkylation sites (N-methyl/N-ethyl adjacent to an activating group) is 4. The first-order valence-corrected chi connectivity index (χ1v) is 9.11. The number of aliphatic hydroxyl groups excluding tert-OH is 2. The summed E-state index contributed by atoms with van der Waals surface area (Å²) < 4.78 is 0. The Morgan fingerprint density at radius 3 is 0.912 bits per heavy atom. The lowest BCUT2D eigenvalue weighted by molar-refractivity contribution is -0.167. The molecule has 0 radical (unpaired) electrons. The highest BCUT2D eigenvalue weighted by Gasteiger charge is 2.66. The highest BCUT2D eigenvalue weighted by Crippen LogP contribution is 2.39. The maximum absolute atomic E-state index is 12.9. The molecule has 2 heterocycles. The van der Waals surface area contributed by atoms with E-state index in [2.05, 4.69) is 0 Å². The summed E-state index contributed by atoms with van der Waals surface area (Å²) in [6.07, 6.45) is 0. The van der Waals surface area contributed by atoms with Crippen LogP contribution in [0.25, 0.3) is 0 Å². The number of hydrogen-bond donors (Lipinski definition) is 4. The maximum Gasteiger partial charge on any atom is 0.333 e. The fourth-order valence-corrected chi connectivity index (χ4v) is 3.73. The van der Waals surface area contributed by atoms with Crippen molar-refractivity contribution in [1.29, 1.82) is 0 Å². The molecule has 0 aromatic carbocycles. The van der Waals surface area contributed by atoms with Crippen molar-refractivity contribution in [2.45, 2.75) is 11.2 Å². The third-order valence-corrected chi connectivity index (χ3v) is 5.69. The summed E-state index contributed by atoms with van der Waals surface area (Å²) in [4.78, 5) is 101. The molecule has 1 aliphatic carbocycles. The van der Waals surface area contributed by atoms with Crippen molar-refractivity contribution in [3.8, 4) is 0 Å². The molecule has 2 saturated heterocycles. The van der Waals surface area contributed by atoms with Gasteiger partial charge in [0.1, 0.15) is 0 Å². The zero-order valence-corrected chi connectivity index (χ0v) is 17.8. The second kappa shape index (κ2) is 7.03. The monoisotopic (exact) mass is 480 g/mol. The molecule has 0 aromatic rings. The number of hydrogen-bond acceptors (Lipinski definition) is 12. The van der Waals surface area contributed by atoms with Gasteiger partial charge < -0.3 is 20.4 Å². The fourth-order valence-electron chi connectivity index (χ4n) is 3.73. The Bertz CT molecular complexity index is 1090. The molecular weight excluding hydrogens is 464 g/mol. The van der Waals surface area contributed by atoms with Crippen LogP contribution in [-0.4, -0.2) is 127 Å². The molecule has 0 atom stereocenters. The maximum atomic E-state index is 12.9. The second-order valence-corrected chi connectivity index (χ2v) is 7.55. The van der Waals surface area contributed by atoms with E-state index in [1.165, 1.54) is 0 Å². The predicted molar refractivity (Wildman–Crippen MR) is 101 cm³/mol. The molecule has 3 rings (SSSR count). The van der Waals surface area contributed by atoms with Crippen LogP contribution >= 0.6 is 0 Å². The average Bonchev–Trinajstić information content (AvgIpc) is 2.80. The molecule has 2 aliphatic heterocycles. The molecule has 16 heteroatoms. The van der Waals surface area contributed by atoms with Crippen molar-refractivity contribution in [2.24, 2.45) is 0 Å². The SMILES string of the molecule is CN1C(=O)N(C)C(=O)C(O)(C2=C(O)C(=O)C(C3(O)C(=O)N(C)C(=O)N(C)C3=O)=C(O)C2=O)C1=O. The lowest BCUT2D eigenvalue weighted by Gasteiger charge is -2.41. The minimum absolute atomic E-state index is 0.187. The molecule has 0 spiro atoms. The third-order valence-electron chi connectivity index (χ3n) is 5.69. The van der Waals surface area contributed by atoms with Crippen LogP contribution in [0.4, 0.5) is 9.59 Å². The van der Waals surface area contributed by atoms with Gasteiger partial charge in [-0.3, -0.25) is 48.4 Å². The van der Waals surface area contributed by atoms with E-state index >= 15 is 0 Å². The average molecular weight is 480 g/mol. The van der Waals surface area contributed by atoms with E-state index in [0.29, 0.717) is 0 Å². The van der Waals surface area contributed by atoms with Crippen LogP contribution < -0.4 is 0 Å². The first-order chi connectivity index (χ1) is 15.5. The van der Waals surface area contributed by atoms with Gasteiger partial charge in [0.05, 0.1) is 11.1 Å². The van der Waals surface area contributed by atoms with Gasteiger partial charge in [-0.1, -0.05) is 0 Å². The van der Waals surface area contributed by atoms with Crippen LogP contribution in [0.1, 0.15) is 0 Å². The number of imide groups is 4. The lowest BCUT2D eigenvalue weighted by Crippen LogP contribution is -2.70. The van der Waals surface area contributed by atoms with Crippen LogP contribution in [0.3, 0.4) is 0 Å². The first-order valence-electron chi connectivity index (χ1n) is 9.11. The Morgan fingerprint density at radius 2 is 0.706 bits per heavy atom. The smallest absolute Gasteiger partial charge is 0.333 e. The van der Waals surface area contributed by atoms with Crippen molar-refractivity contribution in [1.82, 2.24) is 19.6 Å². The summed E-state index contributed by atoms with van der Waals surface area (Å²) in [5.74, 6) is -14.8. The van der Waals surface area contributed by atoms with Gasteiger partial charge in [-0.2, -0.15) is 0 Å². The summed E-state index contributed by atoms with van der Waals surface area (Å²) in [7, 11) is 3.21. The molecule has 8 amide bonds. The number of amides is 8. The summed E-state index contributed by atoms with van der Waals surface area (Å²) in [5, 5.41) is 42.5. The van der Waals surface area contributed by atoms with Crippen molar-refractivity contribution < 1.29 is 58.8 Å². The van der Waals surface area contributed by atoms with Crippen molar-refractivity contribution in [2.75, 3.05) is 28.2 Å². The Morgan fingerprint density at radius 1 is 0.500 bits per heavy atom. The largest absolute Gasteiger partial charge is 0.504 e. The third kappa shape index (κ3) is 2.54. The second-order valence-electron chi connectivity index (χ2n) is 7.55. The van der Waals surface area contributed by atoms with E-state index in [4.69, 9.17) is 0 Å². The fraction of sp³-hybridized carbons (Fsp3) is 0.333. The van der Waals surface area contributed by atoms with Gasteiger partial charge in [0.15, 0.2) is 11.5 Å². The number of urea groups is 2. The van der Waals surface area contributed by atoms with E-state index in [1.807, 2.05) is 0 Å². The number of ketones is 2. The topological polar surface area (TPSA) is 230 Å². The molecule has 4 N–H and O–H groups in total. The van der Waals surface area contributed by atoms with Crippen molar-refractivity contribution >= 4 is 47.3 Å². The van der Waals surface area contributed by atoms with Gasteiger partial charge in [-0.05, 0) is 0 Å². The number of aliphatic hydroxyl groups is 4. The van der Waals surface area contributed by atoms with Crippen LogP contribution in [-0.2, 0) is 28.8 Å². The number of barbiturate groups is 2. The summed E-state index contributed by atoms with van der Waals surface area (Å²) in [6.45, 7) is 0. The molecule has 16 nitrogen and oxygen atoms in total. The lowest BCUT2D eigenvalue weighted by atomic mass is 9.75. The van der Waals surface area contributed by atoms with Gasteiger partial charge in [0.25, 0.3) is 34.8 Å². The standard InChI is InChI=1S/C18H16N4O12/c1-19-11(27)17(33,12(28)20(2)15(19)31)5-7(23)9(25)6(10(26)8(5)24)18(34)13(29)21(3)16(32)22(4)14(18)30/h23,26,33-34H,1-4H3. The molecule has 3 aliphatic rings. The molecule has 34 heavy (non-hydrogen) atoms. The minimum atomic E-state index is -3.68. The number of carbonyl (C=O) groups is 8. The van der Waals surface area contributed by atoms with E-state index < -0.39 is 81.1 Å². The van der Waals surface area contributed by atoms with Gasteiger partial charge in [0, 0.05) is 28.2 Å². The quantitative estimate of drug-likeness (QED) is 0.221. The van der Waals surface area contributed by atoms with Crippen LogP contribution in [0, 0.1) is 0 Å². The van der Waals surface area contributed by atoms with Gasteiger partial charge in [-0.25, -0.2) is 9.59 Å². The number of allylic oxidation sites excluding steroid dienone is 2. The number of carbonyl (C=O) groups excluding carboxylic acids is 8. The summed E-state index contributed by atoms with van der Waals surface area (Å²) >= 11 is 0. The Labute approximate surface area is 188 Å². The van der Waals surface area contributed by atoms with Gasteiger partial charge >= 0.3 is 12.1 Å². The first kappa shape index (κ1) is 24.2. The predicted octanol–water partition coefficient (Wildman–Crippen LogP) is -3.67. The van der Waals surface area contributed by atoms with Crippen LogP contribution in [0.15, 0.2) is 22.7 Å². The van der Waals surface area contributed by atoms with Crippen LogP contribution in [0.2, 0.25) is 0 Å². The molecular formula is C18H16N4O12. The van der Waals surface area contributed by atoms with Gasteiger partial charge in [-0.15, -0.1) is 0 Å². The molecule has 2 fully saturated rings. The zero-order chi connectivity index (χ0) is 26.2. The van der Waals surface area contributed by atoms with Crippen molar-refractivity contribution in [3.05, 3.63) is 22.7 Å². The number of Topliss-reactive ketones (excluding diaryl/α,β-unsaturated/α-hetero) is 2. The summed E-state index contributed by atoms with van der Waals surface area (Å²) in [6, 6.07) is -2.48. The van der Waals surface area contributed by atoms with E-state index in [1.54, 1.807) is 0 Å². The molecule has 0 saturated carbocycles. The van der Waals surface area contributed by atoms with E-state index in [9.17, 15) is 58.8 Å². The Kier molecular flexibility index (Phi) is 5.00. The zero-order valence-electron chi connectivity index (χ0n) is 17.8. The Hall–Kier alpha value is -4.44. The van der Waals surface area contributed by atoms with Gasteiger partial charge in [0.2, 0.25) is 11.6 Å². The molecule has 180 valence electrons. The number of rotatable bonds is 2. The molecule has 0 bridgehead atoms. The Balaban J connectivity index is 2.25. The normalized spacial score (nSPS) is 23.7. The van der Waals surface area contributed by atoms with E-state index in [0.717, 1.165) is 28.2 Å². The van der Waals surface area contributed by atoms with Crippen LogP contribution in [0.5, 0.6) is 0 Å². The highest BCUT2D eigenvalue weighted by atomic mass is 16.3.